The van der Waals surface area contributed by atoms with Crippen LogP contribution in [0.3, 0.4) is 0 Å². The Morgan fingerprint density at radius 3 is 2.51 bits per heavy atom. The number of nitrogens with two attached hydrogens (primary N) is 1. The van der Waals surface area contributed by atoms with Gasteiger partial charge in [0.2, 0.25) is 0 Å². The van der Waals surface area contributed by atoms with Gasteiger partial charge in [-0.25, -0.2) is 13.9 Å². The van der Waals surface area contributed by atoms with Crippen LogP contribution in [0.1, 0.15) is 59.3 Å². The second kappa shape index (κ2) is 13.1. The molecule has 3 heterocycles. The number of hydrogen-bond acceptors (Lipinski definition) is 12. The smallest absolute Gasteiger partial charge is 0.323 e. The summed E-state index contributed by atoms with van der Waals surface area (Å²) in [7, 11) is 0. The molecule has 3 rings (SSSR count). The monoisotopic (exact) mass is 553 g/mol. The molecule has 1 aliphatic rings. The molecule has 2 aromatic rings. The lowest BCUT2D eigenvalue weighted by molar-refractivity contribution is -0.179. The highest BCUT2D eigenvalue weighted by Crippen LogP contribution is 2.44. The predicted octanol–water partition coefficient (Wildman–Crippen LogP) is 1.64. The zero-order valence-electron chi connectivity index (χ0n) is 22.7. The van der Waals surface area contributed by atoms with Gasteiger partial charge in [-0.1, -0.05) is 13.8 Å². The van der Waals surface area contributed by atoms with Gasteiger partial charge in [0.15, 0.2) is 23.6 Å². The number of fused-ring (bicyclic) bond motifs is 1. The van der Waals surface area contributed by atoms with E-state index in [9.17, 15) is 18.8 Å². The van der Waals surface area contributed by atoms with E-state index in [2.05, 4.69) is 15.4 Å². The Hall–Kier alpha value is -3.36. The fourth-order valence-corrected chi connectivity index (χ4v) is 4.11. The molecule has 216 valence electrons. The van der Waals surface area contributed by atoms with Gasteiger partial charge < -0.3 is 29.4 Å². The number of ether oxygens (including phenoxy) is 5. The molecule has 1 saturated heterocycles. The Morgan fingerprint density at radius 2 is 1.87 bits per heavy atom. The highest BCUT2D eigenvalue weighted by molar-refractivity contribution is 5.75. The Labute approximate surface area is 225 Å². The maximum Gasteiger partial charge on any atom is 0.323 e. The molecule has 5 atom stereocenters. The average molecular weight is 554 g/mol. The van der Waals surface area contributed by atoms with Gasteiger partial charge in [0.05, 0.1) is 25.1 Å². The fourth-order valence-electron chi connectivity index (χ4n) is 4.11. The van der Waals surface area contributed by atoms with Crippen LogP contribution in [0.25, 0.3) is 5.52 Å². The van der Waals surface area contributed by atoms with Gasteiger partial charge >= 0.3 is 17.9 Å². The molecule has 1 aliphatic heterocycles. The molecule has 39 heavy (non-hydrogen) atoms. The molecule has 2 aromatic heterocycles. The van der Waals surface area contributed by atoms with Crippen LogP contribution in [0.15, 0.2) is 18.5 Å². The first-order valence-corrected chi connectivity index (χ1v) is 12.8. The molecule has 0 radical (unpaired) electrons. The van der Waals surface area contributed by atoms with Gasteiger partial charge in [-0.15, -0.1) is 0 Å². The van der Waals surface area contributed by atoms with E-state index in [4.69, 9.17) is 29.4 Å². The minimum Gasteiger partial charge on any atom is -0.462 e. The standard InChI is InChI=1S/C25H36FN5O8/c1-6-18(32)37-21-20(16-8-9-17-23(27)28-12-30-31(16)17)39-25(10-26,22(21)38-19(33)7-2)11-35-13-29-15(5)24(34)36-14(3)4/h8-9,12,14-15,20-22,29H,6-7,10-11,13H2,1-5H3,(H2,27,28,30)/t15-,20-,21-,22-,25+/m0/s1. The van der Waals surface area contributed by atoms with Crippen molar-refractivity contribution in [1.29, 1.82) is 0 Å². The number of carbonyl (C=O) groups is 3. The van der Waals surface area contributed by atoms with E-state index in [1.807, 2.05) is 0 Å². The summed E-state index contributed by atoms with van der Waals surface area (Å²) in [6, 6.07) is 2.58. The van der Waals surface area contributed by atoms with Crippen molar-refractivity contribution in [3.8, 4) is 0 Å². The Kier molecular flexibility index (Phi) is 10.2. The van der Waals surface area contributed by atoms with Gasteiger partial charge in [-0.3, -0.25) is 19.7 Å². The third-order valence-corrected chi connectivity index (χ3v) is 6.15. The molecular weight excluding hydrogens is 517 g/mol. The lowest BCUT2D eigenvalue weighted by Crippen LogP contribution is -2.52. The fraction of sp³-hybridized carbons (Fsp3) is 0.640. The minimum atomic E-state index is -1.85. The largest absolute Gasteiger partial charge is 0.462 e. The molecular formula is C25H36FN5O8. The van der Waals surface area contributed by atoms with Crippen LogP contribution >= 0.6 is 0 Å². The molecule has 13 nitrogen and oxygen atoms in total. The van der Waals surface area contributed by atoms with Crippen molar-refractivity contribution in [3.63, 3.8) is 0 Å². The molecule has 0 bridgehead atoms. The normalized spacial score (nSPS) is 23.6. The van der Waals surface area contributed by atoms with Gasteiger partial charge in [-0.2, -0.15) is 5.10 Å². The summed E-state index contributed by atoms with van der Waals surface area (Å²) < 4.78 is 44.7. The van der Waals surface area contributed by atoms with Gasteiger partial charge in [0.25, 0.3) is 0 Å². The summed E-state index contributed by atoms with van der Waals surface area (Å²) in [5.41, 5.74) is 4.95. The van der Waals surface area contributed by atoms with Crippen molar-refractivity contribution < 1.29 is 42.5 Å². The van der Waals surface area contributed by atoms with E-state index in [1.54, 1.807) is 46.8 Å². The number of carbonyl (C=O) groups excluding carboxylic acids is 3. The van der Waals surface area contributed by atoms with E-state index in [1.165, 1.54) is 10.8 Å². The van der Waals surface area contributed by atoms with E-state index in [0.717, 1.165) is 0 Å². The summed E-state index contributed by atoms with van der Waals surface area (Å²) in [4.78, 5) is 40.9. The number of nitrogen functional groups attached to an aromatic ring is 1. The second-order valence-corrected chi connectivity index (χ2v) is 9.41. The lowest BCUT2D eigenvalue weighted by atomic mass is 9.95. The van der Waals surface area contributed by atoms with Crippen molar-refractivity contribution in [2.75, 3.05) is 25.7 Å². The maximum absolute atomic E-state index is 14.9. The Bertz CT molecular complexity index is 1160. The zero-order valence-corrected chi connectivity index (χ0v) is 22.7. The molecule has 3 N–H and O–H groups in total. The van der Waals surface area contributed by atoms with Crippen LogP contribution in [0.2, 0.25) is 0 Å². The molecule has 0 saturated carbocycles. The van der Waals surface area contributed by atoms with Crippen LogP contribution in [0.4, 0.5) is 10.2 Å². The first-order chi connectivity index (χ1) is 18.6. The van der Waals surface area contributed by atoms with Gasteiger partial charge in [-0.05, 0) is 32.9 Å². The van der Waals surface area contributed by atoms with Crippen LogP contribution in [0.5, 0.6) is 0 Å². The third-order valence-electron chi connectivity index (χ3n) is 6.15. The number of alkyl halides is 1. The number of halogens is 1. The molecule has 14 heteroatoms. The van der Waals surface area contributed by atoms with Crippen molar-refractivity contribution in [1.82, 2.24) is 19.9 Å². The predicted molar refractivity (Wildman–Crippen MR) is 135 cm³/mol. The summed E-state index contributed by atoms with van der Waals surface area (Å²) in [5.74, 6) is -1.53. The number of rotatable bonds is 13. The van der Waals surface area contributed by atoms with Crippen molar-refractivity contribution in [2.45, 2.75) is 83.5 Å². The maximum atomic E-state index is 14.9. The lowest BCUT2D eigenvalue weighted by Gasteiger charge is -2.32. The first-order valence-electron chi connectivity index (χ1n) is 12.8. The topological polar surface area (TPSA) is 166 Å². The van der Waals surface area contributed by atoms with Crippen molar-refractivity contribution in [2.24, 2.45) is 0 Å². The SMILES string of the molecule is CCC(=O)O[C@H]1[C@H](c2ccc3c(N)ncnn23)O[C@](CF)(COCN[C@@H](C)C(=O)OC(C)C)[C@H]1OC(=O)CC. The van der Waals surface area contributed by atoms with E-state index < -0.39 is 61.1 Å². The van der Waals surface area contributed by atoms with Crippen LogP contribution in [0, 0.1) is 0 Å². The van der Waals surface area contributed by atoms with Crippen molar-refractivity contribution >= 4 is 29.2 Å². The molecule has 0 spiro atoms. The van der Waals surface area contributed by atoms with Crippen molar-refractivity contribution in [3.05, 3.63) is 24.2 Å². The summed E-state index contributed by atoms with van der Waals surface area (Å²) in [5, 5.41) is 7.04. The zero-order chi connectivity index (χ0) is 28.7. The van der Waals surface area contributed by atoms with Crippen LogP contribution < -0.4 is 11.1 Å². The highest BCUT2D eigenvalue weighted by atomic mass is 19.1. The number of anilines is 1. The van der Waals surface area contributed by atoms with Crippen LogP contribution in [-0.4, -0.2) is 82.5 Å². The average Bonchev–Trinajstić information content (AvgIpc) is 3.46. The number of esters is 3. The summed E-state index contributed by atoms with van der Waals surface area (Å²) in [6.07, 6.45) is -2.71. The number of nitrogens with one attached hydrogen (secondary N) is 1. The summed E-state index contributed by atoms with van der Waals surface area (Å²) >= 11 is 0. The number of aromatic nitrogens is 3. The Balaban J connectivity index is 1.92. The molecule has 0 aromatic carbocycles. The van der Waals surface area contributed by atoms with Gasteiger partial charge in [0, 0.05) is 12.8 Å². The van der Waals surface area contributed by atoms with E-state index >= 15 is 0 Å². The van der Waals surface area contributed by atoms with E-state index in [0.29, 0.717) is 11.2 Å². The first kappa shape index (κ1) is 30.2. The Morgan fingerprint density at radius 1 is 1.18 bits per heavy atom. The molecule has 0 aliphatic carbocycles. The molecule has 0 unspecified atom stereocenters. The van der Waals surface area contributed by atoms with Gasteiger partial charge in [0.1, 0.15) is 30.7 Å². The quantitative estimate of drug-likeness (QED) is 0.160. The van der Waals surface area contributed by atoms with Crippen LogP contribution in [-0.2, 0) is 38.1 Å². The third kappa shape index (κ3) is 6.81. The second-order valence-electron chi connectivity index (χ2n) is 9.41. The summed E-state index contributed by atoms with van der Waals surface area (Å²) in [6.45, 7) is 6.52. The molecule has 0 amide bonds. The molecule has 1 fully saturated rings. The minimum absolute atomic E-state index is 0.00627. The number of hydrogen-bond donors (Lipinski definition) is 2. The number of nitrogens with zero attached hydrogens (tertiary/aromatic N) is 3. The van der Waals surface area contributed by atoms with E-state index in [-0.39, 0.29) is 31.5 Å². The highest BCUT2D eigenvalue weighted by Gasteiger charge is 2.60.